The molecule has 0 aliphatic rings. The molecule has 0 unspecified atom stereocenters. The molecule has 1 amide bonds. The van der Waals surface area contributed by atoms with Gasteiger partial charge in [-0.15, -0.1) is 0 Å². The maximum absolute atomic E-state index is 12.6. The van der Waals surface area contributed by atoms with Gasteiger partial charge in [0.05, 0.1) is 12.8 Å². The first-order valence-corrected chi connectivity index (χ1v) is 9.38. The molecular formula is C23H22N2O5. The fourth-order valence-electron chi connectivity index (χ4n) is 2.48. The number of nitrogens with zero attached hydrogens (tertiary/aromatic N) is 1. The smallest absolute Gasteiger partial charge is 0.323 e. The topological polar surface area (TPSA) is 89.4 Å². The Morgan fingerprint density at radius 2 is 1.60 bits per heavy atom. The van der Waals surface area contributed by atoms with Crippen molar-refractivity contribution in [2.24, 2.45) is 5.10 Å². The van der Waals surface area contributed by atoms with Gasteiger partial charge in [0, 0.05) is 0 Å². The van der Waals surface area contributed by atoms with E-state index in [1.807, 2.05) is 19.1 Å². The van der Waals surface area contributed by atoms with Crippen LogP contribution in [0.1, 0.15) is 12.5 Å². The number of rotatable bonds is 9. The van der Waals surface area contributed by atoms with E-state index in [9.17, 15) is 9.90 Å². The zero-order valence-corrected chi connectivity index (χ0v) is 16.4. The third kappa shape index (κ3) is 6.00. The normalized spacial score (nSPS) is 10.7. The SMILES string of the molecule is CCOc1cc(/C=N/NC(=O)C(Oc2ccccc2)Oc2ccccc2)ccc1O. The fraction of sp³-hybridized carbons (Fsp3) is 0.130. The van der Waals surface area contributed by atoms with Gasteiger partial charge in [0.25, 0.3) is 0 Å². The molecule has 7 nitrogen and oxygen atoms in total. The molecule has 0 radical (unpaired) electrons. The number of hydrogen-bond acceptors (Lipinski definition) is 6. The average Bonchev–Trinajstić information content (AvgIpc) is 2.77. The molecule has 0 bridgehead atoms. The van der Waals surface area contributed by atoms with Crippen LogP contribution in [0.25, 0.3) is 0 Å². The number of nitrogens with one attached hydrogen (secondary N) is 1. The molecule has 0 saturated heterocycles. The number of amides is 1. The van der Waals surface area contributed by atoms with E-state index in [-0.39, 0.29) is 5.75 Å². The van der Waals surface area contributed by atoms with Crippen molar-refractivity contribution in [3.8, 4) is 23.0 Å². The highest BCUT2D eigenvalue weighted by molar-refractivity contribution is 5.84. The third-order valence-corrected chi connectivity index (χ3v) is 3.86. The van der Waals surface area contributed by atoms with Crippen molar-refractivity contribution >= 4 is 12.1 Å². The fourth-order valence-corrected chi connectivity index (χ4v) is 2.48. The van der Waals surface area contributed by atoms with Gasteiger partial charge in [0.1, 0.15) is 11.5 Å². The average molecular weight is 406 g/mol. The summed E-state index contributed by atoms with van der Waals surface area (Å²) in [6.07, 6.45) is 0.188. The molecule has 0 aliphatic carbocycles. The van der Waals surface area contributed by atoms with Gasteiger partial charge in [-0.1, -0.05) is 36.4 Å². The number of para-hydroxylation sites is 2. The summed E-state index contributed by atoms with van der Waals surface area (Å²) in [5.41, 5.74) is 3.05. The van der Waals surface area contributed by atoms with Crippen molar-refractivity contribution in [1.82, 2.24) is 5.43 Å². The molecular weight excluding hydrogens is 384 g/mol. The predicted octanol–water partition coefficient (Wildman–Crippen LogP) is 3.73. The zero-order valence-electron chi connectivity index (χ0n) is 16.4. The molecule has 0 spiro atoms. The summed E-state index contributed by atoms with van der Waals surface area (Å²) in [5.74, 6) is 0.758. The largest absolute Gasteiger partial charge is 0.504 e. The first-order valence-electron chi connectivity index (χ1n) is 9.38. The van der Waals surface area contributed by atoms with Gasteiger partial charge in [-0.25, -0.2) is 5.43 Å². The third-order valence-electron chi connectivity index (χ3n) is 3.86. The molecule has 0 saturated carbocycles. The lowest BCUT2D eigenvalue weighted by Gasteiger charge is -2.18. The number of carbonyl (C=O) groups excluding carboxylic acids is 1. The van der Waals surface area contributed by atoms with E-state index in [0.29, 0.717) is 29.4 Å². The molecule has 7 heteroatoms. The molecule has 0 atom stereocenters. The molecule has 2 N–H and O–H groups in total. The number of hydrazone groups is 1. The van der Waals surface area contributed by atoms with E-state index in [0.717, 1.165) is 0 Å². The van der Waals surface area contributed by atoms with Crippen LogP contribution < -0.4 is 19.6 Å². The summed E-state index contributed by atoms with van der Waals surface area (Å²) < 4.78 is 16.7. The van der Waals surface area contributed by atoms with Crippen molar-refractivity contribution in [2.75, 3.05) is 6.61 Å². The molecule has 0 heterocycles. The van der Waals surface area contributed by atoms with E-state index < -0.39 is 12.2 Å². The van der Waals surface area contributed by atoms with Crippen molar-refractivity contribution in [3.05, 3.63) is 84.4 Å². The second-order valence-corrected chi connectivity index (χ2v) is 6.09. The minimum atomic E-state index is -1.24. The number of benzene rings is 3. The van der Waals surface area contributed by atoms with Crippen LogP contribution in [0, 0.1) is 0 Å². The number of phenolic OH excluding ortho intramolecular Hbond substituents is 1. The van der Waals surface area contributed by atoms with Crippen molar-refractivity contribution in [2.45, 2.75) is 13.2 Å². The van der Waals surface area contributed by atoms with Gasteiger partial charge in [0.15, 0.2) is 11.5 Å². The van der Waals surface area contributed by atoms with E-state index >= 15 is 0 Å². The Bertz CT molecular complexity index is 936. The Morgan fingerprint density at radius 3 is 2.17 bits per heavy atom. The summed E-state index contributed by atoms with van der Waals surface area (Å²) >= 11 is 0. The van der Waals surface area contributed by atoms with Crippen LogP contribution >= 0.6 is 0 Å². The standard InChI is InChI=1S/C23H22N2O5/c1-2-28-21-15-17(13-14-20(21)26)16-24-25-22(27)23(29-18-9-5-3-6-10-18)30-19-11-7-4-8-12-19/h3-16,23,26H,2H2,1H3,(H,25,27)/b24-16+. The van der Waals surface area contributed by atoms with E-state index in [2.05, 4.69) is 10.5 Å². The van der Waals surface area contributed by atoms with Crippen LogP contribution in [0.4, 0.5) is 0 Å². The van der Waals surface area contributed by atoms with Crippen molar-refractivity contribution in [1.29, 1.82) is 0 Å². The minimum absolute atomic E-state index is 0.0330. The van der Waals surface area contributed by atoms with Crippen LogP contribution in [-0.4, -0.2) is 30.1 Å². The van der Waals surface area contributed by atoms with Crippen molar-refractivity contribution < 1.29 is 24.1 Å². The molecule has 3 aromatic rings. The molecule has 0 fully saturated rings. The molecule has 0 aromatic heterocycles. The van der Waals surface area contributed by atoms with Crippen LogP contribution in [-0.2, 0) is 4.79 Å². The van der Waals surface area contributed by atoms with Crippen LogP contribution in [0.2, 0.25) is 0 Å². The lowest BCUT2D eigenvalue weighted by molar-refractivity contribution is -0.140. The molecule has 154 valence electrons. The second kappa shape index (κ2) is 10.5. The lowest BCUT2D eigenvalue weighted by atomic mass is 10.2. The second-order valence-electron chi connectivity index (χ2n) is 6.09. The number of carbonyl (C=O) groups is 1. The van der Waals surface area contributed by atoms with Crippen LogP contribution in [0.5, 0.6) is 23.0 Å². The van der Waals surface area contributed by atoms with E-state index in [1.54, 1.807) is 60.7 Å². The maximum Gasteiger partial charge on any atom is 0.323 e. The summed E-state index contributed by atoms with van der Waals surface area (Å²) in [5, 5.41) is 13.7. The first kappa shape index (κ1) is 20.7. The predicted molar refractivity (Wildman–Crippen MR) is 113 cm³/mol. The molecule has 0 aliphatic heterocycles. The summed E-state index contributed by atoms with van der Waals surface area (Å²) in [4.78, 5) is 12.6. The minimum Gasteiger partial charge on any atom is -0.504 e. The molecule has 3 aromatic carbocycles. The van der Waals surface area contributed by atoms with Gasteiger partial charge >= 0.3 is 12.2 Å². The zero-order chi connectivity index (χ0) is 21.2. The summed E-state index contributed by atoms with van der Waals surface area (Å²) in [7, 11) is 0. The van der Waals surface area contributed by atoms with Gasteiger partial charge in [-0.2, -0.15) is 5.10 Å². The Kier molecular flexibility index (Phi) is 7.27. The number of ether oxygens (including phenoxy) is 3. The highest BCUT2D eigenvalue weighted by Gasteiger charge is 2.22. The lowest BCUT2D eigenvalue weighted by Crippen LogP contribution is -2.40. The van der Waals surface area contributed by atoms with Gasteiger partial charge in [-0.05, 0) is 55.0 Å². The maximum atomic E-state index is 12.6. The number of aromatic hydroxyl groups is 1. The Morgan fingerprint density at radius 1 is 1.00 bits per heavy atom. The highest BCUT2D eigenvalue weighted by Crippen LogP contribution is 2.26. The van der Waals surface area contributed by atoms with Crippen LogP contribution in [0.15, 0.2) is 84.0 Å². The molecule has 30 heavy (non-hydrogen) atoms. The van der Waals surface area contributed by atoms with Gasteiger partial charge in [0.2, 0.25) is 0 Å². The van der Waals surface area contributed by atoms with Crippen LogP contribution in [0.3, 0.4) is 0 Å². The van der Waals surface area contributed by atoms with Gasteiger partial charge < -0.3 is 19.3 Å². The number of phenols is 1. The Balaban J connectivity index is 1.69. The summed E-state index contributed by atoms with van der Waals surface area (Å²) in [6, 6.07) is 22.5. The summed E-state index contributed by atoms with van der Waals surface area (Å²) in [6.45, 7) is 2.24. The van der Waals surface area contributed by atoms with Gasteiger partial charge in [-0.3, -0.25) is 4.79 Å². The number of hydrogen-bond donors (Lipinski definition) is 2. The quantitative estimate of drug-likeness (QED) is 0.321. The van der Waals surface area contributed by atoms with Crippen molar-refractivity contribution in [3.63, 3.8) is 0 Å². The Hall–Kier alpha value is -4.00. The molecule has 3 rings (SSSR count). The van der Waals surface area contributed by atoms with E-state index in [4.69, 9.17) is 14.2 Å². The van der Waals surface area contributed by atoms with E-state index in [1.165, 1.54) is 12.3 Å². The first-order chi connectivity index (χ1) is 14.7. The Labute approximate surface area is 174 Å². The highest BCUT2D eigenvalue weighted by atomic mass is 16.7. The monoisotopic (exact) mass is 406 g/mol.